The maximum absolute atomic E-state index is 15.1. The molecule has 1 aliphatic heterocycles. The van der Waals surface area contributed by atoms with Crippen molar-refractivity contribution in [1.29, 1.82) is 0 Å². The summed E-state index contributed by atoms with van der Waals surface area (Å²) in [6, 6.07) is -3.58. The van der Waals surface area contributed by atoms with Crippen molar-refractivity contribution in [3.05, 3.63) is 36.0 Å². The van der Waals surface area contributed by atoms with Gasteiger partial charge in [-0.25, -0.2) is 5.43 Å². The number of para-hydroxylation sites is 1. The van der Waals surface area contributed by atoms with Gasteiger partial charge in [0.25, 0.3) is 0 Å². The van der Waals surface area contributed by atoms with Gasteiger partial charge in [-0.1, -0.05) is 131 Å². The van der Waals surface area contributed by atoms with Crippen LogP contribution in [0.2, 0.25) is 0 Å². The second-order valence-corrected chi connectivity index (χ2v) is 27.6. The van der Waals surface area contributed by atoms with Crippen LogP contribution in [0.4, 0.5) is 0 Å². The number of aliphatic imine (C=N–C) groups is 1. The lowest BCUT2D eigenvalue weighted by molar-refractivity contribution is -0.141. The van der Waals surface area contributed by atoms with E-state index in [2.05, 4.69) is 58.0 Å². The summed E-state index contributed by atoms with van der Waals surface area (Å²) in [5, 5.41) is 20.2. The summed E-state index contributed by atoms with van der Waals surface area (Å²) in [5.74, 6) is -10.8. The van der Waals surface area contributed by atoms with Crippen LogP contribution in [0.3, 0.4) is 0 Å². The number of hydrazine groups is 1. The molecule has 22 N–H and O–H groups in total. The van der Waals surface area contributed by atoms with Gasteiger partial charge in [0.1, 0.15) is 30.2 Å². The summed E-state index contributed by atoms with van der Waals surface area (Å²) in [4.78, 5) is 172. The van der Waals surface area contributed by atoms with E-state index in [1.54, 1.807) is 40.0 Å². The fourth-order valence-corrected chi connectivity index (χ4v) is 11.4. The summed E-state index contributed by atoms with van der Waals surface area (Å²) >= 11 is 0. The minimum atomic E-state index is -1.46. The highest BCUT2D eigenvalue weighted by Crippen LogP contribution is 2.26. The Morgan fingerprint density at radius 1 is 0.589 bits per heavy atom. The minimum absolute atomic E-state index is 0.000947. The molecule has 1 aliphatic rings. The lowest BCUT2D eigenvalue weighted by Gasteiger charge is -2.35. The number of amides is 10. The van der Waals surface area contributed by atoms with Gasteiger partial charge in [0.05, 0.1) is 31.0 Å². The maximum Gasteiger partial charge on any atom is 0.243 e. The molecule has 9 atom stereocenters. The average Bonchev–Trinajstić information content (AvgIpc) is 1.78. The number of carbonyl (C=O) groups is 12. The van der Waals surface area contributed by atoms with Gasteiger partial charge in [0.2, 0.25) is 70.6 Å². The van der Waals surface area contributed by atoms with Crippen molar-refractivity contribution >= 4 is 87.5 Å². The molecule has 29 heteroatoms. The molecule has 532 valence electrons. The van der Waals surface area contributed by atoms with Crippen molar-refractivity contribution in [2.45, 2.75) is 251 Å². The first-order valence-electron chi connectivity index (χ1n) is 33.5. The molecule has 1 aromatic heterocycles. The van der Waals surface area contributed by atoms with E-state index in [0.717, 1.165) is 55.8 Å². The van der Waals surface area contributed by atoms with Gasteiger partial charge in [-0.15, -0.1) is 0 Å². The van der Waals surface area contributed by atoms with Crippen LogP contribution in [0.1, 0.15) is 196 Å². The summed E-state index contributed by atoms with van der Waals surface area (Å²) < 4.78 is 0. The number of nitrogens with zero attached hydrogens (tertiary/aromatic N) is 1. The first-order chi connectivity index (χ1) is 44.6. The normalized spacial score (nSPS) is 23.3. The Hall–Kier alpha value is -8.05. The van der Waals surface area contributed by atoms with E-state index < -0.39 is 143 Å². The first-order valence-corrected chi connectivity index (χ1v) is 33.5. The van der Waals surface area contributed by atoms with Crippen molar-refractivity contribution in [2.75, 3.05) is 13.1 Å². The lowest BCUT2D eigenvalue weighted by atomic mass is 9.85. The zero-order chi connectivity index (χ0) is 71.2. The third-order valence-electron chi connectivity index (χ3n) is 16.8. The molecule has 0 saturated carbocycles. The highest BCUT2D eigenvalue weighted by atomic mass is 16.2. The molecule has 1 saturated heterocycles. The average molecular weight is 1330 g/mol. The van der Waals surface area contributed by atoms with E-state index in [0.29, 0.717) is 31.2 Å². The van der Waals surface area contributed by atoms with E-state index in [9.17, 15) is 52.7 Å². The van der Waals surface area contributed by atoms with Crippen LogP contribution in [-0.4, -0.2) is 149 Å². The second-order valence-electron chi connectivity index (χ2n) is 27.6. The number of hydrogen-bond acceptors (Lipinski definition) is 16. The number of carbonyl (C=O) groups excluding carboxylic acids is 12. The number of rotatable bonds is 25. The Balaban J connectivity index is 2.20. The number of hydrogen-bond donors (Lipinski definition) is 16. The maximum atomic E-state index is 15.1. The Kier molecular flexibility index (Phi) is 34.5. The van der Waals surface area contributed by atoms with Gasteiger partial charge >= 0.3 is 0 Å². The SMILES string of the molecule is CC(C)C[C@@H]1NC(=O)[C@H](CC(N)=O)NC(=O)C(C)(C)CCCCCCCCCCC[C@@](C)(CN[C@@H](CCC(N)=O)C(=O)N[C@@H](CC(N)=O)C(N)=O)NN[C@@H](CC(C)C)C(=O)C(=O)[C@H](CC(C)C)NC(=O)[C@H](CCCN=C(N)N)NC(=O)[C@H](Cc2c[nH]c3ccccc23)NC1=O. The van der Waals surface area contributed by atoms with Crippen molar-refractivity contribution < 1.29 is 57.5 Å². The number of primary amides is 4. The Morgan fingerprint density at radius 2 is 1.11 bits per heavy atom. The first kappa shape index (κ1) is 81.2. The molecule has 1 aromatic carbocycles. The minimum Gasteiger partial charge on any atom is -0.370 e. The molecule has 29 nitrogen and oxygen atoms in total. The van der Waals surface area contributed by atoms with Crippen LogP contribution in [0.5, 0.6) is 0 Å². The predicted molar refractivity (Wildman–Crippen MR) is 362 cm³/mol. The molecule has 0 spiro atoms. The number of ketones is 2. The molecular formula is C66H111N17O12. The fourth-order valence-electron chi connectivity index (χ4n) is 11.4. The smallest absolute Gasteiger partial charge is 0.243 e. The van der Waals surface area contributed by atoms with E-state index in [-0.39, 0.29) is 88.2 Å². The summed E-state index contributed by atoms with van der Waals surface area (Å²) in [6.45, 7) is 16.3. The van der Waals surface area contributed by atoms with E-state index in [4.69, 9.17) is 34.4 Å². The molecule has 2 heterocycles. The van der Waals surface area contributed by atoms with Crippen LogP contribution < -0.4 is 82.5 Å². The summed E-state index contributed by atoms with van der Waals surface area (Å²) in [6.07, 6.45) is 8.59. The molecule has 0 aliphatic carbocycles. The Morgan fingerprint density at radius 3 is 1.68 bits per heavy atom. The number of H-pyrrole nitrogens is 1. The van der Waals surface area contributed by atoms with Crippen LogP contribution in [0.25, 0.3) is 10.9 Å². The predicted octanol–water partition coefficient (Wildman–Crippen LogP) is 0.961. The van der Waals surface area contributed by atoms with Gasteiger partial charge in [0.15, 0.2) is 5.96 Å². The third kappa shape index (κ3) is 30.1. The van der Waals surface area contributed by atoms with Crippen LogP contribution in [0.15, 0.2) is 35.5 Å². The van der Waals surface area contributed by atoms with Gasteiger partial charge in [-0.05, 0) is 87.7 Å². The molecule has 2 aromatic rings. The van der Waals surface area contributed by atoms with E-state index in [1.165, 1.54) is 0 Å². The lowest BCUT2D eigenvalue weighted by Crippen LogP contribution is -2.63. The molecule has 1 fully saturated rings. The van der Waals surface area contributed by atoms with Crippen LogP contribution in [-0.2, 0) is 64.0 Å². The van der Waals surface area contributed by atoms with Gasteiger partial charge < -0.3 is 76.6 Å². The van der Waals surface area contributed by atoms with Gasteiger partial charge in [0, 0.05) is 54.0 Å². The standard InChI is InChI=1S/C66H111N17O12/c1-38(2)30-46-55(87)56(88)47(31-39(3)4)82-83-66(9,37-75-44(25-26-52(67)84)58(90)78-48(57(70)89)34-53(68)85)28-20-16-14-12-10-11-13-15-19-27-65(7,8)63(95)81-51(35-54(69)86)62(94)79-49(32-40(5)6)60(92)80-50(33-41-36-74-43-23-18-17-22-42(41)43)61(93)76-45(59(91)77-46)24-21-29-73-64(71)72/h17-18,22-23,36,38-40,44-51,74-75,82-83H,10-16,19-21,24-35,37H2,1-9H3,(H2,67,84)(H2,68,85)(H2,69,86)(H2,70,89)(H,76,93)(H,77,91)(H,78,90)(H,79,94)(H,80,92)(H,81,95)(H4,71,72,73)/t44-,45-,46-,47-,48-,49-,50-,51-,66-/m0/s1. The molecule has 10 amide bonds. The number of aromatic amines is 1. The van der Waals surface area contributed by atoms with Gasteiger partial charge in [-0.2, -0.15) is 0 Å². The number of guanidine groups is 1. The fraction of sp³-hybridized carbons (Fsp3) is 0.682. The van der Waals surface area contributed by atoms with Crippen LogP contribution in [0, 0.1) is 23.2 Å². The second kappa shape index (κ2) is 40.4. The highest BCUT2D eigenvalue weighted by Gasteiger charge is 2.39. The van der Waals surface area contributed by atoms with Crippen LogP contribution >= 0.6 is 0 Å². The van der Waals surface area contributed by atoms with Crippen molar-refractivity contribution in [1.82, 2.24) is 53.1 Å². The zero-order valence-corrected chi connectivity index (χ0v) is 57.3. The zero-order valence-electron chi connectivity index (χ0n) is 57.3. The molecule has 0 radical (unpaired) electrons. The number of aromatic nitrogens is 1. The van der Waals surface area contributed by atoms with Crippen molar-refractivity contribution in [3.63, 3.8) is 0 Å². The number of nitrogens with two attached hydrogens (primary N) is 6. The monoisotopic (exact) mass is 1330 g/mol. The molecule has 0 bridgehead atoms. The number of fused-ring (bicyclic) bond motifs is 1. The van der Waals surface area contributed by atoms with Crippen molar-refractivity contribution in [2.24, 2.45) is 62.6 Å². The molecule has 95 heavy (non-hydrogen) atoms. The number of nitrogens with one attached hydrogen (secondary N) is 10. The molecular weight excluding hydrogens is 1220 g/mol. The topological polar surface area (TPSA) is 497 Å². The quantitative estimate of drug-likeness (QED) is 0.0285. The summed E-state index contributed by atoms with van der Waals surface area (Å²) in [7, 11) is 0. The number of Topliss-reactive ketones (excluding diaryl/α,β-unsaturated/α-hetero) is 2. The van der Waals surface area contributed by atoms with E-state index in [1.807, 2.05) is 52.8 Å². The largest absolute Gasteiger partial charge is 0.370 e. The number of benzene rings is 1. The van der Waals surface area contributed by atoms with E-state index >= 15 is 4.79 Å². The Labute approximate surface area is 558 Å². The third-order valence-corrected chi connectivity index (χ3v) is 16.8. The highest BCUT2D eigenvalue weighted by molar-refractivity contribution is 6.41. The molecule has 0 unspecified atom stereocenters. The summed E-state index contributed by atoms with van der Waals surface area (Å²) in [5.41, 5.74) is 39.1. The van der Waals surface area contributed by atoms with Gasteiger partial charge in [-0.3, -0.25) is 68.0 Å². The molecule has 3 rings (SSSR count). The van der Waals surface area contributed by atoms with Crippen molar-refractivity contribution in [3.8, 4) is 0 Å². The Bertz CT molecular complexity index is 2940.